The number of hydrogen-bond donors (Lipinski definition) is 2. The van der Waals surface area contributed by atoms with Crippen LogP contribution in [-0.2, 0) is 6.54 Å². The van der Waals surface area contributed by atoms with Crippen LogP contribution < -0.4 is 5.32 Å². The Bertz CT molecular complexity index is 490. The quantitative estimate of drug-likeness (QED) is 0.857. The fourth-order valence-electron chi connectivity index (χ4n) is 1.55. The fraction of sp³-hybridized carbons (Fsp3) is 0.250. The van der Waals surface area contributed by atoms with Crippen molar-refractivity contribution >= 4 is 17.3 Å². The van der Waals surface area contributed by atoms with Gasteiger partial charge < -0.3 is 14.8 Å². The Labute approximate surface area is 103 Å². The number of furan rings is 1. The monoisotopic (exact) mass is 251 g/mol. The number of nitrogens with one attached hydrogen (secondary N) is 1. The Balaban J connectivity index is 1.98. The lowest BCUT2D eigenvalue weighted by molar-refractivity contribution is 0.0694. The summed E-state index contributed by atoms with van der Waals surface area (Å²) in [4.78, 5) is 10.9. The average molecular weight is 251 g/mol. The van der Waals surface area contributed by atoms with Gasteiger partial charge in [0, 0.05) is 6.04 Å². The van der Waals surface area contributed by atoms with Crippen LogP contribution in [-0.4, -0.2) is 11.1 Å². The number of hydrogen-bond acceptors (Lipinski definition) is 4. The van der Waals surface area contributed by atoms with Crippen molar-refractivity contribution in [3.63, 3.8) is 0 Å². The lowest BCUT2D eigenvalue weighted by Crippen LogP contribution is -2.18. The minimum absolute atomic E-state index is 0.174. The zero-order valence-electron chi connectivity index (χ0n) is 9.34. The topological polar surface area (TPSA) is 62.5 Å². The SMILES string of the molecule is CC(NCc1occc1C(=O)O)c1ccsc1. The Hall–Kier alpha value is -1.59. The second-order valence-electron chi connectivity index (χ2n) is 3.72. The van der Waals surface area contributed by atoms with Crippen molar-refractivity contribution in [2.24, 2.45) is 0 Å². The smallest absolute Gasteiger partial charge is 0.339 e. The fourth-order valence-corrected chi connectivity index (χ4v) is 2.31. The van der Waals surface area contributed by atoms with Crippen LogP contribution in [0.5, 0.6) is 0 Å². The Kier molecular flexibility index (Phi) is 3.61. The molecule has 0 saturated carbocycles. The van der Waals surface area contributed by atoms with E-state index in [9.17, 15) is 4.79 Å². The molecule has 0 aliphatic carbocycles. The molecule has 0 aliphatic heterocycles. The molecule has 1 atom stereocenters. The van der Waals surface area contributed by atoms with Crippen molar-refractivity contribution in [1.29, 1.82) is 0 Å². The number of carboxylic acid groups (broad SMARTS) is 1. The van der Waals surface area contributed by atoms with Crippen molar-refractivity contribution in [3.8, 4) is 0 Å². The van der Waals surface area contributed by atoms with E-state index in [1.165, 1.54) is 17.9 Å². The zero-order chi connectivity index (χ0) is 12.3. The summed E-state index contributed by atoms with van der Waals surface area (Å²) in [5, 5.41) is 16.2. The van der Waals surface area contributed by atoms with Crippen molar-refractivity contribution in [1.82, 2.24) is 5.32 Å². The highest BCUT2D eigenvalue weighted by atomic mass is 32.1. The summed E-state index contributed by atoms with van der Waals surface area (Å²) in [6, 6.07) is 3.69. The van der Waals surface area contributed by atoms with E-state index in [2.05, 4.69) is 10.7 Å². The van der Waals surface area contributed by atoms with Gasteiger partial charge in [-0.05, 0) is 35.4 Å². The molecule has 1 unspecified atom stereocenters. The van der Waals surface area contributed by atoms with Crippen molar-refractivity contribution < 1.29 is 14.3 Å². The standard InChI is InChI=1S/C12H13NO3S/c1-8(9-3-5-17-7-9)13-6-11-10(12(14)15)2-4-16-11/h2-5,7-8,13H,6H2,1H3,(H,14,15). The molecule has 0 radical (unpaired) electrons. The van der Waals surface area contributed by atoms with E-state index in [0.717, 1.165) is 0 Å². The number of thiophene rings is 1. The van der Waals surface area contributed by atoms with Crippen LogP contribution in [0.25, 0.3) is 0 Å². The second kappa shape index (κ2) is 5.16. The lowest BCUT2D eigenvalue weighted by atomic mass is 10.2. The van der Waals surface area contributed by atoms with Gasteiger partial charge in [-0.3, -0.25) is 0 Å². The molecule has 0 amide bonds. The highest BCUT2D eigenvalue weighted by molar-refractivity contribution is 7.07. The minimum atomic E-state index is -0.960. The molecule has 2 rings (SSSR count). The molecule has 2 aromatic heterocycles. The third-order valence-electron chi connectivity index (χ3n) is 2.59. The number of aromatic carboxylic acids is 1. The molecule has 4 nitrogen and oxygen atoms in total. The van der Waals surface area contributed by atoms with Crippen molar-refractivity contribution in [2.45, 2.75) is 19.5 Å². The third kappa shape index (κ3) is 2.75. The summed E-state index contributed by atoms with van der Waals surface area (Å²) in [5.74, 6) is -0.502. The number of rotatable bonds is 5. The highest BCUT2D eigenvalue weighted by Gasteiger charge is 2.14. The molecule has 17 heavy (non-hydrogen) atoms. The van der Waals surface area contributed by atoms with Gasteiger partial charge in [0.2, 0.25) is 0 Å². The van der Waals surface area contributed by atoms with Gasteiger partial charge >= 0.3 is 5.97 Å². The van der Waals surface area contributed by atoms with Gasteiger partial charge in [0.1, 0.15) is 11.3 Å². The van der Waals surface area contributed by atoms with Gasteiger partial charge in [-0.15, -0.1) is 0 Å². The molecule has 2 aromatic rings. The van der Waals surface area contributed by atoms with E-state index < -0.39 is 5.97 Å². The van der Waals surface area contributed by atoms with Crippen LogP contribution in [0.15, 0.2) is 33.6 Å². The summed E-state index contributed by atoms with van der Waals surface area (Å²) >= 11 is 1.64. The summed E-state index contributed by atoms with van der Waals surface area (Å²) < 4.78 is 5.15. The highest BCUT2D eigenvalue weighted by Crippen LogP contribution is 2.17. The van der Waals surface area contributed by atoms with E-state index in [-0.39, 0.29) is 11.6 Å². The molecule has 5 heteroatoms. The van der Waals surface area contributed by atoms with Gasteiger partial charge in [-0.25, -0.2) is 4.79 Å². The largest absolute Gasteiger partial charge is 0.478 e. The van der Waals surface area contributed by atoms with Crippen LogP contribution >= 0.6 is 11.3 Å². The first-order valence-corrected chi connectivity index (χ1v) is 6.18. The summed E-state index contributed by atoms with van der Waals surface area (Å²) in [6.45, 7) is 2.44. The molecular weight excluding hydrogens is 238 g/mol. The number of carbonyl (C=O) groups is 1. The third-order valence-corrected chi connectivity index (χ3v) is 3.29. The first-order chi connectivity index (χ1) is 8.18. The van der Waals surface area contributed by atoms with E-state index >= 15 is 0 Å². The van der Waals surface area contributed by atoms with Gasteiger partial charge in [-0.2, -0.15) is 11.3 Å². The van der Waals surface area contributed by atoms with E-state index in [0.29, 0.717) is 12.3 Å². The molecule has 0 saturated heterocycles. The van der Waals surface area contributed by atoms with Gasteiger partial charge in [0.15, 0.2) is 0 Å². The van der Waals surface area contributed by atoms with E-state index in [4.69, 9.17) is 9.52 Å². The average Bonchev–Trinajstić information content (AvgIpc) is 2.96. The molecule has 0 aliphatic rings. The van der Waals surface area contributed by atoms with Crippen LogP contribution in [0.3, 0.4) is 0 Å². The first-order valence-electron chi connectivity index (χ1n) is 5.23. The molecule has 0 spiro atoms. The van der Waals surface area contributed by atoms with Gasteiger partial charge in [-0.1, -0.05) is 0 Å². The maximum atomic E-state index is 10.9. The Morgan fingerprint density at radius 2 is 2.41 bits per heavy atom. The van der Waals surface area contributed by atoms with Crippen molar-refractivity contribution in [3.05, 3.63) is 46.0 Å². The van der Waals surface area contributed by atoms with Gasteiger partial charge in [0.25, 0.3) is 0 Å². The second-order valence-corrected chi connectivity index (χ2v) is 4.50. The lowest BCUT2D eigenvalue weighted by Gasteiger charge is -2.11. The van der Waals surface area contributed by atoms with Crippen LogP contribution in [0.4, 0.5) is 0 Å². The summed E-state index contributed by atoms with van der Waals surface area (Å²) in [7, 11) is 0. The van der Waals surface area contributed by atoms with E-state index in [1.54, 1.807) is 11.3 Å². The predicted octanol–water partition coefficient (Wildman–Crippen LogP) is 2.89. The van der Waals surface area contributed by atoms with Crippen molar-refractivity contribution in [2.75, 3.05) is 0 Å². The van der Waals surface area contributed by atoms with Crippen LogP contribution in [0.1, 0.15) is 34.6 Å². The van der Waals surface area contributed by atoms with Crippen LogP contribution in [0, 0.1) is 0 Å². The summed E-state index contributed by atoms with van der Waals surface area (Å²) in [5.41, 5.74) is 1.41. The molecule has 0 aromatic carbocycles. The zero-order valence-corrected chi connectivity index (χ0v) is 10.2. The first kappa shape index (κ1) is 11.9. The van der Waals surface area contributed by atoms with E-state index in [1.807, 2.05) is 18.4 Å². The van der Waals surface area contributed by atoms with Crippen LogP contribution in [0.2, 0.25) is 0 Å². The molecule has 2 N–H and O–H groups in total. The number of carboxylic acids is 1. The summed E-state index contributed by atoms with van der Waals surface area (Å²) in [6.07, 6.45) is 1.40. The molecule has 0 bridgehead atoms. The molecule has 0 fully saturated rings. The Morgan fingerprint density at radius 1 is 1.59 bits per heavy atom. The van der Waals surface area contributed by atoms with Gasteiger partial charge in [0.05, 0.1) is 12.8 Å². The molecule has 2 heterocycles. The predicted molar refractivity (Wildman–Crippen MR) is 65.2 cm³/mol. The maximum Gasteiger partial charge on any atom is 0.339 e. The minimum Gasteiger partial charge on any atom is -0.478 e. The maximum absolute atomic E-state index is 10.9. The Morgan fingerprint density at radius 3 is 3.06 bits per heavy atom. The molecule has 90 valence electrons. The normalized spacial score (nSPS) is 12.5. The molecular formula is C12H13NO3S.